The van der Waals surface area contributed by atoms with Crippen LogP contribution in [0, 0.1) is 6.92 Å². The van der Waals surface area contributed by atoms with Gasteiger partial charge in [0.15, 0.2) is 0 Å². The molecule has 0 aliphatic carbocycles. The van der Waals surface area contributed by atoms with Crippen molar-refractivity contribution >= 4 is 17.5 Å². The fraction of sp³-hybridized carbons (Fsp3) is 0.533. The van der Waals surface area contributed by atoms with Gasteiger partial charge in [-0.3, -0.25) is 4.79 Å². The molecule has 0 fully saturated rings. The Hall–Kier alpha value is -1.02. The number of halogens is 1. The van der Waals surface area contributed by atoms with E-state index in [4.69, 9.17) is 11.6 Å². The number of carbonyl (C=O) groups is 1. The average molecular weight is 268 g/mol. The van der Waals surface area contributed by atoms with Crippen LogP contribution in [0.3, 0.4) is 0 Å². The van der Waals surface area contributed by atoms with Gasteiger partial charge in [-0.1, -0.05) is 50.3 Å². The molecule has 1 N–H and O–H groups in total. The Morgan fingerprint density at radius 2 is 1.94 bits per heavy atom. The van der Waals surface area contributed by atoms with Gasteiger partial charge in [0, 0.05) is 17.1 Å². The number of hydrogen-bond acceptors (Lipinski definition) is 1. The van der Waals surface area contributed by atoms with Crippen LogP contribution in [-0.4, -0.2) is 12.5 Å². The molecule has 0 unspecified atom stereocenters. The van der Waals surface area contributed by atoms with Crippen LogP contribution < -0.4 is 5.32 Å². The van der Waals surface area contributed by atoms with Gasteiger partial charge in [-0.2, -0.15) is 0 Å². The van der Waals surface area contributed by atoms with Crippen molar-refractivity contribution in [2.24, 2.45) is 0 Å². The number of benzene rings is 1. The SMILES string of the molecule is CCCCCCCNC(=O)c1ccc(C)c(Cl)c1. The van der Waals surface area contributed by atoms with Crippen molar-refractivity contribution in [1.29, 1.82) is 0 Å². The third-order valence-corrected chi connectivity index (χ3v) is 3.41. The van der Waals surface area contributed by atoms with E-state index >= 15 is 0 Å². The standard InChI is InChI=1S/C15H22ClNO/c1-3-4-5-6-7-10-17-15(18)13-9-8-12(2)14(16)11-13/h8-9,11H,3-7,10H2,1-2H3,(H,17,18). The van der Waals surface area contributed by atoms with Crippen molar-refractivity contribution in [3.8, 4) is 0 Å². The second kappa shape index (κ2) is 8.15. The van der Waals surface area contributed by atoms with E-state index in [1.165, 1.54) is 25.7 Å². The van der Waals surface area contributed by atoms with Crippen LogP contribution in [0.5, 0.6) is 0 Å². The molecule has 0 saturated carbocycles. The van der Waals surface area contributed by atoms with Gasteiger partial charge in [0.1, 0.15) is 0 Å². The normalized spacial score (nSPS) is 10.4. The highest BCUT2D eigenvalue weighted by Gasteiger charge is 2.06. The molecule has 1 rings (SSSR count). The molecule has 3 heteroatoms. The first-order valence-corrected chi connectivity index (χ1v) is 7.07. The molecule has 0 radical (unpaired) electrons. The fourth-order valence-corrected chi connectivity index (χ4v) is 1.95. The Morgan fingerprint density at radius 1 is 1.22 bits per heavy atom. The van der Waals surface area contributed by atoms with Crippen molar-refractivity contribution in [2.45, 2.75) is 46.0 Å². The topological polar surface area (TPSA) is 29.1 Å². The van der Waals surface area contributed by atoms with E-state index < -0.39 is 0 Å². The number of amides is 1. The molecule has 1 aromatic rings. The molecule has 1 aromatic carbocycles. The lowest BCUT2D eigenvalue weighted by Crippen LogP contribution is -2.24. The highest BCUT2D eigenvalue weighted by Crippen LogP contribution is 2.16. The molecule has 0 aromatic heterocycles. The van der Waals surface area contributed by atoms with Crippen LogP contribution in [0.1, 0.15) is 54.9 Å². The minimum Gasteiger partial charge on any atom is -0.352 e. The molecular formula is C15H22ClNO. The third kappa shape index (κ3) is 5.09. The lowest BCUT2D eigenvalue weighted by atomic mass is 10.1. The molecule has 0 saturated heterocycles. The molecule has 0 spiro atoms. The first-order chi connectivity index (χ1) is 8.65. The van der Waals surface area contributed by atoms with Gasteiger partial charge in [0.05, 0.1) is 0 Å². The largest absolute Gasteiger partial charge is 0.352 e. The quantitative estimate of drug-likeness (QED) is 0.731. The lowest BCUT2D eigenvalue weighted by molar-refractivity contribution is 0.0953. The molecule has 0 bridgehead atoms. The van der Waals surface area contributed by atoms with Crippen LogP contribution in [0.4, 0.5) is 0 Å². The average Bonchev–Trinajstić information content (AvgIpc) is 2.36. The minimum absolute atomic E-state index is 0.0348. The van der Waals surface area contributed by atoms with E-state index in [9.17, 15) is 4.79 Å². The molecule has 0 aliphatic rings. The number of hydrogen-bond donors (Lipinski definition) is 1. The highest BCUT2D eigenvalue weighted by atomic mass is 35.5. The second-order valence-corrected chi connectivity index (χ2v) is 5.04. The molecule has 2 nitrogen and oxygen atoms in total. The van der Waals surface area contributed by atoms with E-state index in [0.717, 1.165) is 18.5 Å². The Kier molecular flexibility index (Phi) is 6.81. The van der Waals surface area contributed by atoms with Crippen LogP contribution in [-0.2, 0) is 0 Å². The van der Waals surface area contributed by atoms with Gasteiger partial charge in [0.2, 0.25) is 0 Å². The lowest BCUT2D eigenvalue weighted by Gasteiger charge is -2.06. The summed E-state index contributed by atoms with van der Waals surface area (Å²) in [4.78, 5) is 11.8. The van der Waals surface area contributed by atoms with Gasteiger partial charge < -0.3 is 5.32 Å². The molecule has 0 heterocycles. The molecule has 0 aliphatic heterocycles. The maximum atomic E-state index is 11.8. The van der Waals surface area contributed by atoms with E-state index in [2.05, 4.69) is 12.2 Å². The fourth-order valence-electron chi connectivity index (χ4n) is 1.77. The van der Waals surface area contributed by atoms with E-state index in [-0.39, 0.29) is 5.91 Å². The molecule has 100 valence electrons. The van der Waals surface area contributed by atoms with Crippen molar-refractivity contribution in [3.05, 3.63) is 34.3 Å². The summed E-state index contributed by atoms with van der Waals surface area (Å²) in [5.41, 5.74) is 1.63. The first kappa shape index (κ1) is 15.0. The van der Waals surface area contributed by atoms with Gasteiger partial charge in [-0.15, -0.1) is 0 Å². The van der Waals surface area contributed by atoms with Crippen LogP contribution in [0.2, 0.25) is 5.02 Å². The Labute approximate surface area is 115 Å². The van der Waals surface area contributed by atoms with Crippen LogP contribution in [0.15, 0.2) is 18.2 Å². The van der Waals surface area contributed by atoms with Crippen molar-refractivity contribution in [2.75, 3.05) is 6.54 Å². The summed E-state index contributed by atoms with van der Waals surface area (Å²) in [5.74, 6) is -0.0348. The van der Waals surface area contributed by atoms with E-state index in [1.807, 2.05) is 19.1 Å². The minimum atomic E-state index is -0.0348. The predicted octanol–water partition coefficient (Wildman–Crippen LogP) is 4.35. The smallest absolute Gasteiger partial charge is 0.251 e. The Balaban J connectivity index is 2.30. The summed E-state index contributed by atoms with van der Waals surface area (Å²) in [6.07, 6.45) is 6.01. The zero-order valence-electron chi connectivity index (χ0n) is 11.3. The monoisotopic (exact) mass is 267 g/mol. The maximum absolute atomic E-state index is 11.8. The first-order valence-electron chi connectivity index (χ1n) is 6.69. The number of carbonyl (C=O) groups excluding carboxylic acids is 1. The van der Waals surface area contributed by atoms with Crippen LogP contribution in [0.25, 0.3) is 0 Å². The zero-order chi connectivity index (χ0) is 13.4. The summed E-state index contributed by atoms with van der Waals surface area (Å²) in [6, 6.07) is 5.41. The maximum Gasteiger partial charge on any atom is 0.251 e. The molecule has 18 heavy (non-hydrogen) atoms. The number of rotatable bonds is 7. The van der Waals surface area contributed by atoms with Gasteiger partial charge >= 0.3 is 0 Å². The van der Waals surface area contributed by atoms with Gasteiger partial charge in [0.25, 0.3) is 5.91 Å². The van der Waals surface area contributed by atoms with Crippen molar-refractivity contribution in [3.63, 3.8) is 0 Å². The summed E-state index contributed by atoms with van der Waals surface area (Å²) in [6.45, 7) is 4.87. The Bertz CT molecular complexity index is 390. The molecular weight excluding hydrogens is 246 g/mol. The zero-order valence-corrected chi connectivity index (χ0v) is 12.0. The van der Waals surface area contributed by atoms with Gasteiger partial charge in [-0.05, 0) is 31.0 Å². The van der Waals surface area contributed by atoms with Gasteiger partial charge in [-0.25, -0.2) is 0 Å². The predicted molar refractivity (Wildman–Crippen MR) is 77.3 cm³/mol. The van der Waals surface area contributed by atoms with E-state index in [1.54, 1.807) is 6.07 Å². The second-order valence-electron chi connectivity index (χ2n) is 4.63. The van der Waals surface area contributed by atoms with Crippen molar-refractivity contribution < 1.29 is 4.79 Å². The molecule has 0 atom stereocenters. The summed E-state index contributed by atoms with van der Waals surface area (Å²) < 4.78 is 0. The Morgan fingerprint density at radius 3 is 2.61 bits per heavy atom. The van der Waals surface area contributed by atoms with Crippen molar-refractivity contribution in [1.82, 2.24) is 5.32 Å². The number of aryl methyl sites for hydroxylation is 1. The van der Waals surface area contributed by atoms with E-state index in [0.29, 0.717) is 10.6 Å². The number of unbranched alkanes of at least 4 members (excludes halogenated alkanes) is 4. The molecule has 1 amide bonds. The number of nitrogens with one attached hydrogen (secondary N) is 1. The highest BCUT2D eigenvalue weighted by molar-refractivity contribution is 6.31. The van der Waals surface area contributed by atoms with Crippen LogP contribution >= 0.6 is 11.6 Å². The summed E-state index contributed by atoms with van der Waals surface area (Å²) >= 11 is 6.00. The summed E-state index contributed by atoms with van der Waals surface area (Å²) in [5, 5.41) is 3.57. The third-order valence-electron chi connectivity index (χ3n) is 3.00. The summed E-state index contributed by atoms with van der Waals surface area (Å²) in [7, 11) is 0.